The first kappa shape index (κ1) is 14.4. The van der Waals surface area contributed by atoms with Crippen LogP contribution in [0.25, 0.3) is 0 Å². The van der Waals surface area contributed by atoms with Crippen LogP contribution in [0.5, 0.6) is 0 Å². The number of carbonyl (C=O) groups is 1. The van der Waals surface area contributed by atoms with Gasteiger partial charge in [0.05, 0.1) is 18.4 Å². The maximum atomic E-state index is 13.5. The van der Waals surface area contributed by atoms with Gasteiger partial charge in [0.15, 0.2) is 0 Å². The van der Waals surface area contributed by atoms with Gasteiger partial charge < -0.3 is 10.1 Å². The molecule has 18 heavy (non-hydrogen) atoms. The zero-order valence-electron chi connectivity index (χ0n) is 10.7. The highest BCUT2D eigenvalue weighted by atomic mass is 19.1. The van der Waals surface area contributed by atoms with Gasteiger partial charge in [0.2, 0.25) is 0 Å². The lowest BCUT2D eigenvalue weighted by Gasteiger charge is -2.13. The number of hydrogen-bond acceptors (Lipinski definition) is 3. The van der Waals surface area contributed by atoms with E-state index in [2.05, 4.69) is 10.1 Å². The molecule has 0 saturated heterocycles. The van der Waals surface area contributed by atoms with Crippen LogP contribution in [0.2, 0.25) is 0 Å². The molecule has 0 aliphatic rings. The molecule has 0 aliphatic heterocycles. The Hall–Kier alpha value is -1.65. The smallest absolute Gasteiger partial charge is 0.340 e. The molecule has 0 aliphatic carbocycles. The number of carbonyl (C=O) groups excluding carboxylic acids is 1. The first-order chi connectivity index (χ1) is 8.49. The number of hydrogen-bond donors (Lipinski definition) is 1. The number of methoxy groups -OCH3 is 1. The Bertz CT molecular complexity index is 435. The Morgan fingerprint density at radius 2 is 2.06 bits per heavy atom. The van der Waals surface area contributed by atoms with Gasteiger partial charge in [-0.2, -0.15) is 0 Å². The largest absolute Gasteiger partial charge is 0.465 e. The molecule has 1 aromatic rings. The van der Waals surface area contributed by atoms with Crippen molar-refractivity contribution in [3.63, 3.8) is 0 Å². The first-order valence-electron chi connectivity index (χ1n) is 5.80. The number of halogens is 2. The van der Waals surface area contributed by atoms with Crippen LogP contribution < -0.4 is 5.32 Å². The minimum Gasteiger partial charge on any atom is -0.465 e. The average Bonchev–Trinajstić information content (AvgIpc) is 2.36. The second-order valence-corrected chi connectivity index (χ2v) is 4.20. The molecule has 0 saturated carbocycles. The second-order valence-electron chi connectivity index (χ2n) is 4.20. The molecule has 1 rings (SSSR count). The standard InChI is InChI=1S/C13H17F2NO2/c1-4-8(2)7-16-12-5-9(13(17)18-3)10(14)6-11(12)15/h5-6,8,16H,4,7H2,1-3H3. The van der Waals surface area contributed by atoms with Gasteiger partial charge in [-0.05, 0) is 12.0 Å². The van der Waals surface area contributed by atoms with Crippen LogP contribution in [0.3, 0.4) is 0 Å². The zero-order chi connectivity index (χ0) is 13.7. The number of benzene rings is 1. The summed E-state index contributed by atoms with van der Waals surface area (Å²) in [5.74, 6) is -2.10. The average molecular weight is 257 g/mol. The summed E-state index contributed by atoms with van der Waals surface area (Å²) in [4.78, 5) is 11.3. The van der Waals surface area contributed by atoms with Gasteiger partial charge >= 0.3 is 5.97 Å². The van der Waals surface area contributed by atoms with Crippen LogP contribution >= 0.6 is 0 Å². The molecule has 1 atom stereocenters. The maximum absolute atomic E-state index is 13.5. The molecule has 0 spiro atoms. The summed E-state index contributed by atoms with van der Waals surface area (Å²) in [6.07, 6.45) is 0.944. The highest BCUT2D eigenvalue weighted by Crippen LogP contribution is 2.20. The van der Waals surface area contributed by atoms with Crippen LogP contribution in [-0.2, 0) is 4.74 Å². The molecular weight excluding hydrogens is 240 g/mol. The predicted octanol–water partition coefficient (Wildman–Crippen LogP) is 3.21. The number of nitrogens with one attached hydrogen (secondary N) is 1. The van der Waals surface area contributed by atoms with Crippen LogP contribution in [0.4, 0.5) is 14.5 Å². The van der Waals surface area contributed by atoms with E-state index in [0.29, 0.717) is 18.5 Å². The molecule has 0 heterocycles. The molecule has 0 fully saturated rings. The first-order valence-corrected chi connectivity index (χ1v) is 5.80. The van der Waals surface area contributed by atoms with Gasteiger partial charge in [0, 0.05) is 12.6 Å². The van der Waals surface area contributed by atoms with Crippen molar-refractivity contribution in [2.24, 2.45) is 5.92 Å². The number of ether oxygens (including phenoxy) is 1. The Morgan fingerprint density at radius 1 is 1.39 bits per heavy atom. The van der Waals surface area contributed by atoms with Crippen molar-refractivity contribution in [1.82, 2.24) is 0 Å². The summed E-state index contributed by atoms with van der Waals surface area (Å²) in [6, 6.07) is 1.82. The minimum atomic E-state index is -0.923. The molecule has 0 amide bonds. The van der Waals surface area contributed by atoms with Crippen LogP contribution in [-0.4, -0.2) is 19.6 Å². The molecule has 1 unspecified atom stereocenters. The SMILES string of the molecule is CCC(C)CNc1cc(C(=O)OC)c(F)cc1F. The van der Waals surface area contributed by atoms with Crippen molar-refractivity contribution in [2.75, 3.05) is 19.0 Å². The van der Waals surface area contributed by atoms with Gasteiger partial charge in [-0.1, -0.05) is 20.3 Å². The number of esters is 1. The summed E-state index contributed by atoms with van der Waals surface area (Å²) >= 11 is 0. The van der Waals surface area contributed by atoms with E-state index in [-0.39, 0.29) is 11.3 Å². The third kappa shape index (κ3) is 3.42. The van der Waals surface area contributed by atoms with Gasteiger partial charge in [0.25, 0.3) is 0 Å². The lowest BCUT2D eigenvalue weighted by Crippen LogP contribution is -2.13. The molecule has 5 heteroatoms. The quantitative estimate of drug-likeness (QED) is 0.823. The monoisotopic (exact) mass is 257 g/mol. The van der Waals surface area contributed by atoms with Crippen LogP contribution in [0.15, 0.2) is 12.1 Å². The third-order valence-corrected chi connectivity index (χ3v) is 2.80. The van der Waals surface area contributed by atoms with E-state index >= 15 is 0 Å². The normalized spacial score (nSPS) is 12.1. The van der Waals surface area contributed by atoms with Crippen molar-refractivity contribution in [3.05, 3.63) is 29.3 Å². The van der Waals surface area contributed by atoms with Gasteiger partial charge in [-0.3, -0.25) is 0 Å². The van der Waals surface area contributed by atoms with Gasteiger partial charge in [-0.15, -0.1) is 0 Å². The molecule has 0 aromatic heterocycles. The van der Waals surface area contributed by atoms with Crippen molar-refractivity contribution < 1.29 is 18.3 Å². The van der Waals surface area contributed by atoms with Gasteiger partial charge in [-0.25, -0.2) is 13.6 Å². The third-order valence-electron chi connectivity index (χ3n) is 2.80. The zero-order valence-corrected chi connectivity index (χ0v) is 10.7. The molecular formula is C13H17F2NO2. The van der Waals surface area contributed by atoms with Crippen LogP contribution in [0.1, 0.15) is 30.6 Å². The molecule has 1 aromatic carbocycles. The number of anilines is 1. The number of rotatable bonds is 5. The van der Waals surface area contributed by atoms with Crippen LogP contribution in [0, 0.1) is 17.6 Å². The van der Waals surface area contributed by atoms with E-state index in [9.17, 15) is 13.6 Å². The summed E-state index contributed by atoms with van der Waals surface area (Å²) < 4.78 is 31.3. The summed E-state index contributed by atoms with van der Waals surface area (Å²) in [5, 5.41) is 2.86. The fraction of sp³-hybridized carbons (Fsp3) is 0.462. The van der Waals surface area contributed by atoms with Crippen molar-refractivity contribution >= 4 is 11.7 Å². The van der Waals surface area contributed by atoms with E-state index in [0.717, 1.165) is 19.6 Å². The van der Waals surface area contributed by atoms with E-state index in [4.69, 9.17) is 0 Å². The van der Waals surface area contributed by atoms with Crippen molar-refractivity contribution in [3.8, 4) is 0 Å². The maximum Gasteiger partial charge on any atom is 0.340 e. The van der Waals surface area contributed by atoms with Crippen molar-refractivity contribution in [2.45, 2.75) is 20.3 Å². The molecule has 100 valence electrons. The summed E-state index contributed by atoms with van der Waals surface area (Å²) in [7, 11) is 1.15. The second kappa shape index (κ2) is 6.33. The highest BCUT2D eigenvalue weighted by Gasteiger charge is 2.16. The fourth-order valence-electron chi connectivity index (χ4n) is 1.38. The topological polar surface area (TPSA) is 38.3 Å². The van der Waals surface area contributed by atoms with E-state index in [1.807, 2.05) is 13.8 Å². The Kier molecular flexibility index (Phi) is 5.07. The van der Waals surface area contributed by atoms with E-state index in [1.165, 1.54) is 0 Å². The van der Waals surface area contributed by atoms with Gasteiger partial charge in [0.1, 0.15) is 11.6 Å². The summed E-state index contributed by atoms with van der Waals surface area (Å²) in [6.45, 7) is 4.59. The van der Waals surface area contributed by atoms with E-state index in [1.54, 1.807) is 0 Å². The molecule has 3 nitrogen and oxygen atoms in total. The molecule has 0 bridgehead atoms. The van der Waals surface area contributed by atoms with E-state index < -0.39 is 17.6 Å². The highest BCUT2D eigenvalue weighted by molar-refractivity contribution is 5.90. The fourth-order valence-corrected chi connectivity index (χ4v) is 1.38. The van der Waals surface area contributed by atoms with Crippen molar-refractivity contribution in [1.29, 1.82) is 0 Å². The lowest BCUT2D eigenvalue weighted by molar-refractivity contribution is 0.0595. The molecule has 1 N–H and O–H groups in total. The Morgan fingerprint density at radius 3 is 2.61 bits per heavy atom. The minimum absolute atomic E-state index is 0.108. The Labute approximate surface area is 105 Å². The Balaban J connectivity index is 2.94. The predicted molar refractivity (Wildman–Crippen MR) is 65.6 cm³/mol. The molecule has 0 radical (unpaired) electrons. The lowest BCUT2D eigenvalue weighted by atomic mass is 10.1. The summed E-state index contributed by atoms with van der Waals surface area (Å²) in [5.41, 5.74) is -0.164.